The first-order valence-corrected chi connectivity index (χ1v) is 8.17. The Morgan fingerprint density at radius 1 is 1.24 bits per heavy atom. The fourth-order valence-corrected chi connectivity index (χ4v) is 3.27. The normalized spacial score (nSPS) is 14.6. The summed E-state index contributed by atoms with van der Waals surface area (Å²) in [5, 5.41) is -0.111. The summed E-state index contributed by atoms with van der Waals surface area (Å²) in [6, 6.07) is 6.44. The molecule has 2 unspecified atom stereocenters. The minimum Gasteiger partial charge on any atom is -0.497 e. The Hall–Kier alpha value is -1.22. The molecule has 0 radical (unpaired) electrons. The molecule has 2 rings (SSSR count). The number of halogens is 1. The first kappa shape index (κ1) is 16.2. The van der Waals surface area contributed by atoms with Crippen molar-refractivity contribution in [2.75, 3.05) is 7.11 Å². The van der Waals surface area contributed by atoms with Gasteiger partial charge in [-0.3, -0.25) is 0 Å². The highest BCUT2D eigenvalue weighted by atomic mass is 35.5. The van der Waals surface area contributed by atoms with Gasteiger partial charge in [-0.25, -0.2) is 4.98 Å². The molecule has 1 heterocycles. The van der Waals surface area contributed by atoms with Gasteiger partial charge in [0.05, 0.1) is 23.5 Å². The molecule has 0 saturated carbocycles. The molecule has 0 bridgehead atoms. The quantitative estimate of drug-likeness (QED) is 0.673. The van der Waals surface area contributed by atoms with E-state index in [4.69, 9.17) is 21.3 Å². The van der Waals surface area contributed by atoms with E-state index in [9.17, 15) is 0 Å². The van der Waals surface area contributed by atoms with Crippen LogP contribution in [-0.2, 0) is 0 Å². The van der Waals surface area contributed by atoms with Gasteiger partial charge in [0.15, 0.2) is 0 Å². The van der Waals surface area contributed by atoms with Crippen molar-refractivity contribution in [3.8, 4) is 5.75 Å². The standard InChI is InChI=1S/C17H25ClN2O/c1-6-13(7-2)12(4)20-16-9-8-14(21-5)10-15(16)19-17(20)11(3)18/h8-13H,6-7H2,1-5H3. The molecule has 0 aliphatic carbocycles. The van der Waals surface area contributed by atoms with Gasteiger partial charge in [-0.15, -0.1) is 11.6 Å². The summed E-state index contributed by atoms with van der Waals surface area (Å²) in [6.45, 7) is 8.75. The SMILES string of the molecule is CCC(CC)C(C)n1c(C(C)Cl)nc2cc(OC)ccc21. The fourth-order valence-electron chi connectivity index (χ4n) is 3.11. The minimum absolute atomic E-state index is 0.111. The predicted octanol–water partition coefficient (Wildman–Crippen LogP) is 5.34. The largest absolute Gasteiger partial charge is 0.497 e. The van der Waals surface area contributed by atoms with Crippen molar-refractivity contribution in [1.29, 1.82) is 0 Å². The van der Waals surface area contributed by atoms with Gasteiger partial charge >= 0.3 is 0 Å². The fraction of sp³-hybridized carbons (Fsp3) is 0.588. The minimum atomic E-state index is -0.111. The third kappa shape index (κ3) is 3.03. The lowest BCUT2D eigenvalue weighted by atomic mass is 9.95. The van der Waals surface area contributed by atoms with Crippen LogP contribution < -0.4 is 4.74 Å². The van der Waals surface area contributed by atoms with Gasteiger partial charge in [0.1, 0.15) is 11.6 Å². The maximum Gasteiger partial charge on any atom is 0.127 e. The summed E-state index contributed by atoms with van der Waals surface area (Å²) >= 11 is 6.37. The molecule has 0 fully saturated rings. The molecule has 0 spiro atoms. The van der Waals surface area contributed by atoms with Gasteiger partial charge in [-0.1, -0.05) is 26.7 Å². The van der Waals surface area contributed by atoms with E-state index in [2.05, 4.69) is 31.4 Å². The van der Waals surface area contributed by atoms with Crippen LogP contribution in [0.5, 0.6) is 5.75 Å². The lowest BCUT2D eigenvalue weighted by Crippen LogP contribution is -2.18. The summed E-state index contributed by atoms with van der Waals surface area (Å²) in [5.41, 5.74) is 2.09. The second-order valence-electron chi connectivity index (χ2n) is 5.63. The van der Waals surface area contributed by atoms with E-state index in [1.807, 2.05) is 19.1 Å². The molecule has 21 heavy (non-hydrogen) atoms. The van der Waals surface area contributed by atoms with Crippen LogP contribution in [0.15, 0.2) is 18.2 Å². The van der Waals surface area contributed by atoms with Gasteiger partial charge in [-0.05, 0) is 31.9 Å². The molecular weight excluding hydrogens is 284 g/mol. The van der Waals surface area contributed by atoms with E-state index in [1.165, 1.54) is 0 Å². The maximum atomic E-state index is 6.37. The summed E-state index contributed by atoms with van der Waals surface area (Å²) < 4.78 is 7.61. The summed E-state index contributed by atoms with van der Waals surface area (Å²) in [4.78, 5) is 4.74. The smallest absolute Gasteiger partial charge is 0.127 e. The number of hydrogen-bond donors (Lipinski definition) is 0. The van der Waals surface area contributed by atoms with Gasteiger partial charge in [0.2, 0.25) is 0 Å². The molecule has 116 valence electrons. The lowest BCUT2D eigenvalue weighted by molar-refractivity contribution is 0.332. The van der Waals surface area contributed by atoms with Crippen LogP contribution in [-0.4, -0.2) is 16.7 Å². The zero-order valence-corrected chi connectivity index (χ0v) is 14.3. The van der Waals surface area contributed by atoms with Gasteiger partial charge in [0, 0.05) is 12.1 Å². The van der Waals surface area contributed by atoms with Crippen molar-refractivity contribution < 1.29 is 4.74 Å². The van der Waals surface area contributed by atoms with Crippen molar-refractivity contribution in [3.05, 3.63) is 24.0 Å². The summed E-state index contributed by atoms with van der Waals surface area (Å²) in [5.74, 6) is 2.40. The molecule has 0 N–H and O–H groups in total. The molecule has 3 nitrogen and oxygen atoms in total. The molecule has 4 heteroatoms. The molecule has 0 aliphatic rings. The van der Waals surface area contributed by atoms with E-state index in [1.54, 1.807) is 7.11 Å². The number of hydrogen-bond acceptors (Lipinski definition) is 2. The number of ether oxygens (including phenoxy) is 1. The molecule has 1 aromatic carbocycles. The number of benzene rings is 1. The van der Waals surface area contributed by atoms with E-state index in [0.29, 0.717) is 12.0 Å². The average Bonchev–Trinajstić information content (AvgIpc) is 2.86. The Labute approximate surface area is 132 Å². The second-order valence-corrected chi connectivity index (χ2v) is 6.28. The molecular formula is C17H25ClN2O. The summed E-state index contributed by atoms with van der Waals surface area (Å²) in [6.07, 6.45) is 2.31. The van der Waals surface area contributed by atoms with E-state index in [0.717, 1.165) is 35.4 Å². The molecule has 2 aromatic rings. The highest BCUT2D eigenvalue weighted by Gasteiger charge is 2.23. The van der Waals surface area contributed by atoms with Crippen LogP contribution in [0, 0.1) is 5.92 Å². The number of fused-ring (bicyclic) bond motifs is 1. The first-order chi connectivity index (χ1) is 10.0. The monoisotopic (exact) mass is 308 g/mol. The van der Waals surface area contributed by atoms with Crippen molar-refractivity contribution in [1.82, 2.24) is 9.55 Å². The van der Waals surface area contributed by atoms with E-state index >= 15 is 0 Å². The van der Waals surface area contributed by atoms with Crippen LogP contribution in [0.1, 0.15) is 57.8 Å². The van der Waals surface area contributed by atoms with Gasteiger partial charge in [-0.2, -0.15) is 0 Å². The number of alkyl halides is 1. The predicted molar refractivity (Wildman–Crippen MR) is 89.3 cm³/mol. The molecule has 2 atom stereocenters. The van der Waals surface area contributed by atoms with E-state index < -0.39 is 0 Å². The Morgan fingerprint density at radius 3 is 2.43 bits per heavy atom. The van der Waals surface area contributed by atoms with Crippen molar-refractivity contribution in [3.63, 3.8) is 0 Å². The highest BCUT2D eigenvalue weighted by Crippen LogP contribution is 2.34. The van der Waals surface area contributed by atoms with Crippen molar-refractivity contribution in [2.24, 2.45) is 5.92 Å². The molecule has 1 aromatic heterocycles. The van der Waals surface area contributed by atoms with Gasteiger partial charge < -0.3 is 9.30 Å². The third-order valence-electron chi connectivity index (χ3n) is 4.42. The number of imidazole rings is 1. The van der Waals surface area contributed by atoms with E-state index in [-0.39, 0.29) is 5.38 Å². The topological polar surface area (TPSA) is 27.1 Å². The van der Waals surface area contributed by atoms with Gasteiger partial charge in [0.25, 0.3) is 0 Å². The average molecular weight is 309 g/mol. The first-order valence-electron chi connectivity index (χ1n) is 7.73. The second kappa shape index (κ2) is 6.69. The van der Waals surface area contributed by atoms with Crippen molar-refractivity contribution in [2.45, 2.75) is 52.0 Å². The van der Waals surface area contributed by atoms with Crippen LogP contribution >= 0.6 is 11.6 Å². The Kier molecular flexibility index (Phi) is 5.15. The van der Waals surface area contributed by atoms with Crippen LogP contribution in [0.4, 0.5) is 0 Å². The zero-order valence-electron chi connectivity index (χ0n) is 13.6. The Balaban J connectivity index is 2.61. The maximum absolute atomic E-state index is 6.37. The highest BCUT2D eigenvalue weighted by molar-refractivity contribution is 6.20. The molecule has 0 amide bonds. The Bertz CT molecular complexity index is 602. The molecule has 0 saturated heterocycles. The third-order valence-corrected chi connectivity index (χ3v) is 4.61. The lowest BCUT2D eigenvalue weighted by Gasteiger charge is -2.26. The molecule has 0 aliphatic heterocycles. The number of methoxy groups -OCH3 is 1. The van der Waals surface area contributed by atoms with Crippen LogP contribution in [0.2, 0.25) is 0 Å². The van der Waals surface area contributed by atoms with Crippen LogP contribution in [0.3, 0.4) is 0 Å². The number of nitrogens with zero attached hydrogens (tertiary/aromatic N) is 2. The Morgan fingerprint density at radius 2 is 1.90 bits per heavy atom. The van der Waals surface area contributed by atoms with Crippen LogP contribution in [0.25, 0.3) is 11.0 Å². The van der Waals surface area contributed by atoms with Crippen molar-refractivity contribution >= 4 is 22.6 Å². The number of rotatable bonds is 6. The summed E-state index contributed by atoms with van der Waals surface area (Å²) in [7, 11) is 1.68. The number of aromatic nitrogens is 2. The zero-order chi connectivity index (χ0) is 15.6.